The number of nitrogens with zero attached hydrogens (tertiary/aromatic N) is 1. The molecule has 0 spiro atoms. The lowest BCUT2D eigenvalue weighted by atomic mass is 10.1. The van der Waals surface area contributed by atoms with E-state index < -0.39 is 80.3 Å². The summed E-state index contributed by atoms with van der Waals surface area (Å²) in [5.74, 6) is -2.39. The van der Waals surface area contributed by atoms with Crippen LogP contribution < -0.4 is 20.1 Å². The predicted octanol–water partition coefficient (Wildman–Crippen LogP) is 3.35. The molecule has 2 aliphatic heterocycles. The molecule has 54 heavy (non-hydrogen) atoms. The fourth-order valence-electron chi connectivity index (χ4n) is 6.43. The quantitative estimate of drug-likeness (QED) is 0.263. The number of carbonyl (C=O) groups is 5. The molecular weight excluding hydrogens is 721 g/mol. The highest BCUT2D eigenvalue weighted by molar-refractivity contribution is 7.91. The number of hydrogen-bond acceptors (Lipinski definition) is 11. The monoisotopic (exact) mass is 766 g/mol. The van der Waals surface area contributed by atoms with E-state index in [4.69, 9.17) is 18.9 Å². The van der Waals surface area contributed by atoms with E-state index in [-0.39, 0.29) is 38.2 Å². The average Bonchev–Trinajstić information content (AvgIpc) is 4.04. The predicted molar refractivity (Wildman–Crippen MR) is 194 cm³/mol. The van der Waals surface area contributed by atoms with Crippen LogP contribution in [0.4, 0.5) is 4.79 Å². The summed E-state index contributed by atoms with van der Waals surface area (Å²) in [7, 11) is -3.93. The number of nitrogens with one attached hydrogen (secondary N) is 3. The Kier molecular flexibility index (Phi) is 11.3. The van der Waals surface area contributed by atoms with E-state index in [1.54, 1.807) is 51.1 Å². The van der Waals surface area contributed by atoms with Gasteiger partial charge in [-0.3, -0.25) is 19.1 Å². The molecule has 2 saturated carbocycles. The molecule has 5 atom stereocenters. The van der Waals surface area contributed by atoms with Crippen LogP contribution in [-0.2, 0) is 38.6 Å². The van der Waals surface area contributed by atoms with E-state index in [9.17, 15) is 32.4 Å². The summed E-state index contributed by atoms with van der Waals surface area (Å²) >= 11 is 0. The van der Waals surface area contributed by atoms with Crippen molar-refractivity contribution in [2.24, 2.45) is 5.92 Å². The number of fused-ring (bicyclic) bond motifs is 2. The lowest BCUT2D eigenvalue weighted by molar-refractivity contribution is -0.142. The Morgan fingerprint density at radius 2 is 1.70 bits per heavy atom. The van der Waals surface area contributed by atoms with Crippen molar-refractivity contribution in [3.63, 3.8) is 0 Å². The molecule has 2 aromatic rings. The highest BCUT2D eigenvalue weighted by Crippen LogP contribution is 2.46. The van der Waals surface area contributed by atoms with E-state index >= 15 is 0 Å². The lowest BCUT2D eigenvalue weighted by Crippen LogP contribution is -2.59. The number of esters is 1. The van der Waals surface area contributed by atoms with Crippen LogP contribution in [0.5, 0.6) is 11.5 Å². The van der Waals surface area contributed by atoms with E-state index in [0.717, 1.165) is 0 Å². The van der Waals surface area contributed by atoms with Gasteiger partial charge in [0.2, 0.25) is 21.8 Å². The summed E-state index contributed by atoms with van der Waals surface area (Å²) < 4.78 is 50.5. The van der Waals surface area contributed by atoms with E-state index in [1.807, 2.05) is 24.3 Å². The number of amides is 4. The first-order valence-corrected chi connectivity index (χ1v) is 19.6. The fourth-order valence-corrected chi connectivity index (χ4v) is 7.80. The van der Waals surface area contributed by atoms with Gasteiger partial charge >= 0.3 is 12.1 Å². The van der Waals surface area contributed by atoms with Gasteiger partial charge in [0, 0.05) is 18.9 Å². The Morgan fingerprint density at radius 3 is 2.39 bits per heavy atom. The van der Waals surface area contributed by atoms with Crippen molar-refractivity contribution in [1.29, 1.82) is 0 Å². The molecule has 0 radical (unpaired) electrons. The van der Waals surface area contributed by atoms with Crippen molar-refractivity contribution in [3.05, 3.63) is 72.3 Å². The van der Waals surface area contributed by atoms with Crippen LogP contribution in [0, 0.1) is 5.92 Å². The molecular formula is C38H46N4O11S. The summed E-state index contributed by atoms with van der Waals surface area (Å²) in [6.45, 7) is 4.80. The summed E-state index contributed by atoms with van der Waals surface area (Å²) in [5.41, 5.74) is -2.24. The minimum absolute atomic E-state index is 0.142. The number of ether oxygens (including phenoxy) is 4. The van der Waals surface area contributed by atoms with Gasteiger partial charge in [-0.05, 0) is 89.3 Å². The van der Waals surface area contributed by atoms with Gasteiger partial charge < -0.3 is 34.5 Å². The van der Waals surface area contributed by atoms with Gasteiger partial charge in [0.25, 0.3) is 5.91 Å². The van der Waals surface area contributed by atoms with Gasteiger partial charge in [0.1, 0.15) is 40.8 Å². The molecule has 5 unspecified atom stereocenters. The second kappa shape index (κ2) is 15.8. The first-order chi connectivity index (χ1) is 25.6. The molecule has 2 aliphatic carbocycles. The summed E-state index contributed by atoms with van der Waals surface area (Å²) in [6.07, 6.45) is 3.75. The van der Waals surface area contributed by atoms with Gasteiger partial charge in [0.15, 0.2) is 0 Å². The summed E-state index contributed by atoms with van der Waals surface area (Å²) in [5, 5.41) is 4.67. The maximum atomic E-state index is 14.2. The zero-order valence-electron chi connectivity index (χ0n) is 30.4. The van der Waals surface area contributed by atoms with Crippen molar-refractivity contribution in [2.45, 2.75) is 93.9 Å². The number of alkyl carbamates (subject to hydrolysis) is 1. The van der Waals surface area contributed by atoms with Crippen molar-refractivity contribution < 1.29 is 51.3 Å². The maximum absolute atomic E-state index is 14.2. The molecule has 0 bridgehead atoms. The number of rotatable bonds is 8. The third-order valence-corrected chi connectivity index (χ3v) is 11.3. The molecule has 16 heteroatoms. The Labute approximate surface area is 314 Å². The molecule has 15 nitrogen and oxygen atoms in total. The van der Waals surface area contributed by atoms with Crippen molar-refractivity contribution in [2.75, 3.05) is 19.8 Å². The first kappa shape index (κ1) is 38.8. The van der Waals surface area contributed by atoms with Crippen molar-refractivity contribution >= 4 is 39.8 Å². The van der Waals surface area contributed by atoms with Crippen LogP contribution in [0.15, 0.2) is 66.7 Å². The van der Waals surface area contributed by atoms with Crippen LogP contribution in [0.3, 0.4) is 0 Å². The average molecular weight is 767 g/mol. The zero-order valence-corrected chi connectivity index (χ0v) is 31.3. The maximum Gasteiger partial charge on any atom is 0.408 e. The molecule has 0 aromatic heterocycles. The molecule has 6 rings (SSSR count). The molecule has 2 heterocycles. The van der Waals surface area contributed by atoms with Crippen LogP contribution in [0.2, 0.25) is 0 Å². The largest absolute Gasteiger partial charge is 0.457 e. The third kappa shape index (κ3) is 9.58. The molecule has 4 amide bonds. The van der Waals surface area contributed by atoms with E-state index in [1.165, 1.54) is 17.0 Å². The minimum atomic E-state index is -3.93. The highest BCUT2D eigenvalue weighted by atomic mass is 32.2. The smallest absolute Gasteiger partial charge is 0.408 e. The fraction of sp³-hybridized carbons (Fsp3) is 0.500. The Balaban J connectivity index is 1.23. The van der Waals surface area contributed by atoms with Gasteiger partial charge in [-0.15, -0.1) is 0 Å². The second-order valence-electron chi connectivity index (χ2n) is 15.0. The van der Waals surface area contributed by atoms with Crippen LogP contribution in [0.25, 0.3) is 0 Å². The Bertz CT molecular complexity index is 1880. The first-order valence-electron chi connectivity index (χ1n) is 18.1. The molecule has 1 saturated heterocycles. The van der Waals surface area contributed by atoms with Gasteiger partial charge in [-0.25, -0.2) is 18.0 Å². The number of para-hydroxylation sites is 1. The van der Waals surface area contributed by atoms with Crippen LogP contribution in [0.1, 0.15) is 69.7 Å². The van der Waals surface area contributed by atoms with E-state index in [0.29, 0.717) is 37.2 Å². The molecule has 3 N–H and O–H groups in total. The molecule has 3 fully saturated rings. The number of carbonyl (C=O) groups excluding carboxylic acids is 5. The SMILES string of the molecule is CC(C)(C)OC(=O)NC1COCCCC=CC2CC2(C(=O)NS(=O)(=O)C2CC2)NC(=O)C2CC(OC(=O)c3ccc(Oc4ccccc4)cc3)CN2C1=O. The molecule has 290 valence electrons. The van der Waals surface area contributed by atoms with Crippen LogP contribution >= 0.6 is 0 Å². The van der Waals surface area contributed by atoms with Crippen molar-refractivity contribution in [3.8, 4) is 11.5 Å². The number of sulfonamides is 1. The Hall–Kier alpha value is -4.96. The Morgan fingerprint density at radius 1 is 1.00 bits per heavy atom. The topological polar surface area (TPSA) is 196 Å². The minimum Gasteiger partial charge on any atom is -0.457 e. The third-order valence-electron chi connectivity index (χ3n) is 9.46. The summed E-state index contributed by atoms with van der Waals surface area (Å²) in [6, 6.07) is 12.9. The van der Waals surface area contributed by atoms with Crippen LogP contribution in [-0.4, -0.2) is 97.4 Å². The normalized spacial score (nSPS) is 26.2. The standard InChI is InChI=1S/C38H46N4O11S/c1-37(2,3)53-36(47)39-30-23-50-19-9-5-6-10-25-21-38(25,35(46)41-54(48,49)29-17-18-29)40-32(43)31-20-28(22-42(31)33(30)44)52-34(45)24-13-15-27(16-14-24)51-26-11-7-4-8-12-26/h4,6-8,10-16,25,28-31H,5,9,17-23H2,1-3H3,(H,39,47)(H,40,43)(H,41,46). The lowest BCUT2D eigenvalue weighted by Gasteiger charge is -2.30. The summed E-state index contributed by atoms with van der Waals surface area (Å²) in [4.78, 5) is 69.4. The number of hydrogen-bond donors (Lipinski definition) is 3. The van der Waals surface area contributed by atoms with Crippen molar-refractivity contribution in [1.82, 2.24) is 20.3 Å². The molecule has 4 aliphatic rings. The molecule has 2 aromatic carbocycles. The zero-order chi connectivity index (χ0) is 38.7. The van der Waals surface area contributed by atoms with Gasteiger partial charge in [0.05, 0.1) is 24.0 Å². The van der Waals surface area contributed by atoms with E-state index in [2.05, 4.69) is 15.4 Å². The van der Waals surface area contributed by atoms with Gasteiger partial charge in [-0.2, -0.15) is 0 Å². The number of benzene rings is 2. The van der Waals surface area contributed by atoms with Gasteiger partial charge in [-0.1, -0.05) is 30.4 Å². The highest BCUT2D eigenvalue weighted by Gasteiger charge is 2.62. The number of allylic oxidation sites excluding steroid dienone is 1. The second-order valence-corrected chi connectivity index (χ2v) is 17.0.